The SMILES string of the molecule is Cc1cc(C)cc(NC(=O)CN2C(=O)COc3ccc(S(=O)(=O)N4CCC(C)CC4)cc32)c1. The summed E-state index contributed by atoms with van der Waals surface area (Å²) in [5, 5.41) is 2.82. The van der Waals surface area contributed by atoms with Gasteiger partial charge in [0.05, 0.1) is 10.6 Å². The van der Waals surface area contributed by atoms with Crippen LogP contribution in [0.1, 0.15) is 30.9 Å². The summed E-state index contributed by atoms with van der Waals surface area (Å²) in [6, 6.07) is 10.2. The molecule has 176 valence electrons. The molecule has 0 aliphatic carbocycles. The van der Waals surface area contributed by atoms with Crippen LogP contribution in [-0.4, -0.2) is 50.8 Å². The Hall–Kier alpha value is -2.91. The van der Waals surface area contributed by atoms with Crippen LogP contribution in [0.3, 0.4) is 0 Å². The number of ether oxygens (including phenoxy) is 1. The van der Waals surface area contributed by atoms with Gasteiger partial charge in [0.25, 0.3) is 5.91 Å². The van der Waals surface area contributed by atoms with Gasteiger partial charge in [-0.05, 0) is 74.1 Å². The normalized spacial score (nSPS) is 17.4. The van der Waals surface area contributed by atoms with Crippen molar-refractivity contribution in [2.45, 2.75) is 38.5 Å². The van der Waals surface area contributed by atoms with E-state index in [1.165, 1.54) is 21.3 Å². The molecule has 2 aromatic rings. The van der Waals surface area contributed by atoms with Crippen molar-refractivity contribution in [3.8, 4) is 5.75 Å². The van der Waals surface area contributed by atoms with Crippen LogP contribution in [-0.2, 0) is 19.6 Å². The topological polar surface area (TPSA) is 96.0 Å². The minimum atomic E-state index is -3.71. The van der Waals surface area contributed by atoms with E-state index >= 15 is 0 Å². The van der Waals surface area contributed by atoms with E-state index in [-0.39, 0.29) is 29.6 Å². The minimum absolute atomic E-state index is 0.0915. The van der Waals surface area contributed by atoms with Gasteiger partial charge in [0, 0.05) is 18.8 Å². The van der Waals surface area contributed by atoms with E-state index in [0.717, 1.165) is 24.0 Å². The molecule has 0 spiro atoms. The molecule has 1 saturated heterocycles. The van der Waals surface area contributed by atoms with Crippen molar-refractivity contribution in [1.82, 2.24) is 4.31 Å². The highest BCUT2D eigenvalue weighted by molar-refractivity contribution is 7.89. The number of nitrogens with one attached hydrogen (secondary N) is 1. The first-order valence-electron chi connectivity index (χ1n) is 11.1. The molecule has 0 radical (unpaired) electrons. The van der Waals surface area contributed by atoms with E-state index in [9.17, 15) is 18.0 Å². The fraction of sp³-hybridized carbons (Fsp3) is 0.417. The van der Waals surface area contributed by atoms with Crippen molar-refractivity contribution < 1.29 is 22.7 Å². The summed E-state index contributed by atoms with van der Waals surface area (Å²) in [7, 11) is -3.71. The molecule has 1 N–H and O–H groups in total. The molecule has 2 aliphatic heterocycles. The fourth-order valence-corrected chi connectivity index (χ4v) is 5.77. The van der Waals surface area contributed by atoms with Crippen molar-refractivity contribution in [1.29, 1.82) is 0 Å². The van der Waals surface area contributed by atoms with Crippen molar-refractivity contribution in [2.75, 3.05) is 36.5 Å². The lowest BCUT2D eigenvalue weighted by Gasteiger charge is -2.31. The third-order valence-corrected chi connectivity index (χ3v) is 7.96. The number of hydrogen-bond acceptors (Lipinski definition) is 5. The Morgan fingerprint density at radius 2 is 1.76 bits per heavy atom. The summed E-state index contributed by atoms with van der Waals surface area (Å²) in [5.74, 6) is 0.0936. The Morgan fingerprint density at radius 3 is 2.42 bits per heavy atom. The number of benzene rings is 2. The van der Waals surface area contributed by atoms with Crippen LogP contribution in [0.5, 0.6) is 5.75 Å². The molecule has 8 nitrogen and oxygen atoms in total. The van der Waals surface area contributed by atoms with Crippen LogP contribution >= 0.6 is 0 Å². The van der Waals surface area contributed by atoms with Gasteiger partial charge in [0.1, 0.15) is 12.3 Å². The van der Waals surface area contributed by atoms with Crippen molar-refractivity contribution in [2.24, 2.45) is 5.92 Å². The maximum absolute atomic E-state index is 13.2. The zero-order valence-corrected chi connectivity index (χ0v) is 19.9. The van der Waals surface area contributed by atoms with Crippen molar-refractivity contribution >= 4 is 33.2 Å². The number of carbonyl (C=O) groups excluding carboxylic acids is 2. The first-order valence-corrected chi connectivity index (χ1v) is 12.5. The molecule has 0 saturated carbocycles. The van der Waals surface area contributed by atoms with Crippen LogP contribution in [0, 0.1) is 19.8 Å². The van der Waals surface area contributed by atoms with Gasteiger partial charge in [-0.1, -0.05) is 13.0 Å². The maximum Gasteiger partial charge on any atom is 0.265 e. The Morgan fingerprint density at radius 1 is 1.09 bits per heavy atom. The molecule has 9 heteroatoms. The fourth-order valence-electron chi connectivity index (χ4n) is 4.28. The van der Waals surface area contributed by atoms with Crippen LogP contribution in [0.2, 0.25) is 0 Å². The van der Waals surface area contributed by atoms with E-state index in [2.05, 4.69) is 12.2 Å². The molecule has 2 heterocycles. The summed E-state index contributed by atoms with van der Waals surface area (Å²) in [6.07, 6.45) is 1.63. The van der Waals surface area contributed by atoms with Gasteiger partial charge in [-0.15, -0.1) is 0 Å². The third kappa shape index (κ3) is 5.04. The number of sulfonamides is 1. The number of anilines is 2. The number of nitrogens with zero attached hydrogens (tertiary/aromatic N) is 2. The molecule has 4 rings (SSSR count). The zero-order chi connectivity index (χ0) is 23.8. The second-order valence-electron chi connectivity index (χ2n) is 8.91. The highest BCUT2D eigenvalue weighted by Gasteiger charge is 2.32. The largest absolute Gasteiger partial charge is 0.482 e. The first-order chi connectivity index (χ1) is 15.6. The summed E-state index contributed by atoms with van der Waals surface area (Å²) < 4.78 is 33.4. The first kappa shape index (κ1) is 23.3. The van der Waals surface area contributed by atoms with Gasteiger partial charge in [-0.25, -0.2) is 8.42 Å². The molecule has 2 aromatic carbocycles. The summed E-state index contributed by atoms with van der Waals surface area (Å²) in [5.41, 5.74) is 2.96. The lowest BCUT2D eigenvalue weighted by atomic mass is 10.0. The van der Waals surface area contributed by atoms with Gasteiger partial charge in [0.2, 0.25) is 15.9 Å². The molecule has 33 heavy (non-hydrogen) atoms. The van der Waals surface area contributed by atoms with Crippen LogP contribution in [0.15, 0.2) is 41.3 Å². The Balaban J connectivity index is 1.57. The summed E-state index contributed by atoms with van der Waals surface area (Å²) in [4.78, 5) is 26.7. The number of piperidine rings is 1. The van der Waals surface area contributed by atoms with E-state index in [4.69, 9.17) is 4.74 Å². The maximum atomic E-state index is 13.2. The van der Waals surface area contributed by atoms with E-state index < -0.39 is 15.9 Å². The van der Waals surface area contributed by atoms with Crippen molar-refractivity contribution in [3.63, 3.8) is 0 Å². The lowest BCUT2D eigenvalue weighted by Crippen LogP contribution is -2.43. The Labute approximate surface area is 194 Å². The van der Waals surface area contributed by atoms with Gasteiger partial charge in [-0.3, -0.25) is 14.5 Å². The molecule has 2 amide bonds. The average molecular weight is 472 g/mol. The number of rotatable bonds is 5. The number of carbonyl (C=O) groups is 2. The van der Waals surface area contributed by atoms with E-state index in [1.54, 1.807) is 6.07 Å². The molecular formula is C24H29N3O5S. The smallest absolute Gasteiger partial charge is 0.265 e. The number of hydrogen-bond donors (Lipinski definition) is 1. The molecular weight excluding hydrogens is 442 g/mol. The van der Waals surface area contributed by atoms with Gasteiger partial charge >= 0.3 is 0 Å². The van der Waals surface area contributed by atoms with E-state index in [1.807, 2.05) is 32.0 Å². The summed E-state index contributed by atoms with van der Waals surface area (Å²) in [6.45, 7) is 6.49. The number of fused-ring (bicyclic) bond motifs is 1. The highest BCUT2D eigenvalue weighted by Crippen LogP contribution is 2.35. The quantitative estimate of drug-likeness (QED) is 0.723. The third-order valence-electron chi connectivity index (χ3n) is 6.06. The molecule has 1 fully saturated rings. The predicted molar refractivity (Wildman–Crippen MR) is 126 cm³/mol. The monoisotopic (exact) mass is 471 g/mol. The Kier molecular flexibility index (Phi) is 6.45. The molecule has 2 aliphatic rings. The Bertz CT molecular complexity index is 1170. The minimum Gasteiger partial charge on any atom is -0.482 e. The second kappa shape index (κ2) is 9.15. The number of aryl methyl sites for hydroxylation is 2. The molecule has 0 unspecified atom stereocenters. The van der Waals surface area contributed by atoms with Crippen LogP contribution in [0.25, 0.3) is 0 Å². The van der Waals surface area contributed by atoms with Crippen LogP contribution in [0.4, 0.5) is 11.4 Å². The number of amides is 2. The highest BCUT2D eigenvalue weighted by atomic mass is 32.2. The van der Waals surface area contributed by atoms with E-state index in [0.29, 0.717) is 30.4 Å². The lowest BCUT2D eigenvalue weighted by molar-refractivity contribution is -0.123. The second-order valence-corrected chi connectivity index (χ2v) is 10.8. The molecule has 0 bridgehead atoms. The zero-order valence-electron chi connectivity index (χ0n) is 19.1. The predicted octanol–water partition coefficient (Wildman–Crippen LogP) is 3.09. The summed E-state index contributed by atoms with van der Waals surface area (Å²) >= 11 is 0. The van der Waals surface area contributed by atoms with Gasteiger partial charge < -0.3 is 10.1 Å². The molecule has 0 aromatic heterocycles. The van der Waals surface area contributed by atoms with Crippen molar-refractivity contribution in [3.05, 3.63) is 47.5 Å². The van der Waals surface area contributed by atoms with Gasteiger partial charge in [0.15, 0.2) is 6.61 Å². The molecule has 0 atom stereocenters. The van der Waals surface area contributed by atoms with Crippen LogP contribution < -0.4 is 15.0 Å². The average Bonchev–Trinajstić information content (AvgIpc) is 2.75. The standard InChI is InChI=1S/C24H29N3O5S/c1-16-6-8-26(9-7-16)33(30,31)20-4-5-22-21(13-20)27(24(29)15-32-22)14-23(28)25-19-11-17(2)10-18(3)12-19/h4-5,10-13,16H,6-9,14-15H2,1-3H3,(H,25,28). The van der Waals surface area contributed by atoms with Gasteiger partial charge in [-0.2, -0.15) is 4.31 Å².